The topological polar surface area (TPSA) is 49.8 Å². The van der Waals surface area contributed by atoms with Gasteiger partial charge in [-0.2, -0.15) is 0 Å². The zero-order chi connectivity index (χ0) is 12.6. The van der Waals surface area contributed by atoms with Crippen molar-refractivity contribution in [2.24, 2.45) is 11.8 Å². The van der Waals surface area contributed by atoms with E-state index in [0.29, 0.717) is 11.8 Å². The van der Waals surface area contributed by atoms with Crippen molar-refractivity contribution in [1.82, 2.24) is 4.90 Å². The number of fused-ring (bicyclic) bond motifs is 1. The van der Waals surface area contributed by atoms with Crippen molar-refractivity contribution >= 4 is 6.09 Å². The van der Waals surface area contributed by atoms with E-state index in [1.807, 2.05) is 20.8 Å². The third-order valence-corrected chi connectivity index (χ3v) is 3.69. The molecule has 0 radical (unpaired) electrons. The predicted octanol–water partition coefficient (Wildman–Crippen LogP) is 2.01. The maximum absolute atomic E-state index is 11.9. The highest BCUT2D eigenvalue weighted by atomic mass is 16.6. The van der Waals surface area contributed by atoms with Gasteiger partial charge >= 0.3 is 6.09 Å². The van der Waals surface area contributed by atoms with Crippen molar-refractivity contribution in [3.05, 3.63) is 0 Å². The van der Waals surface area contributed by atoms with Gasteiger partial charge in [-0.1, -0.05) is 0 Å². The molecule has 0 spiro atoms. The Morgan fingerprint density at radius 2 is 1.94 bits per heavy atom. The van der Waals surface area contributed by atoms with Crippen LogP contribution in [0.3, 0.4) is 0 Å². The lowest BCUT2D eigenvalue weighted by molar-refractivity contribution is 0.0126. The van der Waals surface area contributed by atoms with Crippen molar-refractivity contribution in [1.29, 1.82) is 0 Å². The lowest BCUT2D eigenvalue weighted by Crippen LogP contribution is -2.44. The summed E-state index contributed by atoms with van der Waals surface area (Å²) >= 11 is 0. The third-order valence-electron chi connectivity index (χ3n) is 3.69. The second kappa shape index (κ2) is 4.48. The van der Waals surface area contributed by atoms with Gasteiger partial charge in [0.05, 0.1) is 6.10 Å². The van der Waals surface area contributed by atoms with E-state index in [0.717, 1.165) is 32.4 Å². The van der Waals surface area contributed by atoms with Crippen molar-refractivity contribution < 1.29 is 14.6 Å². The number of amides is 1. The van der Waals surface area contributed by atoms with Crippen LogP contribution in [0, 0.1) is 11.8 Å². The number of ether oxygens (including phenoxy) is 1. The molecule has 4 nitrogen and oxygen atoms in total. The molecule has 1 heterocycles. The van der Waals surface area contributed by atoms with Crippen LogP contribution < -0.4 is 0 Å². The van der Waals surface area contributed by atoms with Crippen LogP contribution in [0.4, 0.5) is 4.79 Å². The molecule has 3 atom stereocenters. The van der Waals surface area contributed by atoms with E-state index >= 15 is 0 Å². The van der Waals surface area contributed by atoms with E-state index in [4.69, 9.17) is 4.74 Å². The summed E-state index contributed by atoms with van der Waals surface area (Å²) in [6, 6.07) is 0. The van der Waals surface area contributed by atoms with Crippen LogP contribution in [0.15, 0.2) is 0 Å². The van der Waals surface area contributed by atoms with Gasteiger partial charge in [-0.3, -0.25) is 0 Å². The molecule has 1 saturated heterocycles. The fraction of sp³-hybridized carbons (Fsp3) is 0.923. The largest absolute Gasteiger partial charge is 0.444 e. The highest BCUT2D eigenvalue weighted by Gasteiger charge is 2.39. The van der Waals surface area contributed by atoms with Gasteiger partial charge in [-0.05, 0) is 51.9 Å². The number of nitrogens with zero attached hydrogens (tertiary/aromatic N) is 1. The lowest BCUT2D eigenvalue weighted by Gasteiger charge is -2.35. The number of hydrogen-bond donors (Lipinski definition) is 1. The monoisotopic (exact) mass is 241 g/mol. The average molecular weight is 241 g/mol. The van der Waals surface area contributed by atoms with Gasteiger partial charge in [0.25, 0.3) is 0 Å². The zero-order valence-corrected chi connectivity index (χ0v) is 11.0. The summed E-state index contributed by atoms with van der Waals surface area (Å²) in [6.07, 6.45) is 2.37. The molecule has 17 heavy (non-hydrogen) atoms. The van der Waals surface area contributed by atoms with Crippen LogP contribution in [0.5, 0.6) is 0 Å². The molecule has 2 rings (SSSR count). The van der Waals surface area contributed by atoms with E-state index in [1.54, 1.807) is 4.90 Å². The molecule has 4 heteroatoms. The summed E-state index contributed by atoms with van der Waals surface area (Å²) in [5, 5.41) is 9.64. The maximum atomic E-state index is 11.9. The minimum Gasteiger partial charge on any atom is -0.444 e. The average Bonchev–Trinajstić information content (AvgIpc) is 2.53. The summed E-state index contributed by atoms with van der Waals surface area (Å²) < 4.78 is 5.38. The van der Waals surface area contributed by atoms with E-state index in [2.05, 4.69) is 0 Å². The second-order valence-corrected chi connectivity index (χ2v) is 6.36. The molecule has 1 aliphatic heterocycles. The summed E-state index contributed by atoms with van der Waals surface area (Å²) in [4.78, 5) is 13.7. The van der Waals surface area contributed by atoms with Crippen molar-refractivity contribution in [2.45, 2.75) is 51.7 Å². The lowest BCUT2D eigenvalue weighted by atomic mass is 9.89. The predicted molar refractivity (Wildman–Crippen MR) is 64.6 cm³/mol. The standard InChI is InChI=1S/C13H23NO3/c1-13(2,3)17-12(16)14-5-4-9-6-11(15)7-10(9)8-14/h9-11,15H,4-8H2,1-3H3/t9-,10-,11+/m1/s1. The van der Waals surface area contributed by atoms with Crippen molar-refractivity contribution in [2.75, 3.05) is 13.1 Å². The zero-order valence-electron chi connectivity index (χ0n) is 11.0. The number of hydrogen-bond acceptors (Lipinski definition) is 3. The Labute approximate surface area is 103 Å². The number of carbonyl (C=O) groups excluding carboxylic acids is 1. The van der Waals surface area contributed by atoms with Crippen LogP contribution in [0.2, 0.25) is 0 Å². The summed E-state index contributed by atoms with van der Waals surface area (Å²) in [5.74, 6) is 1.06. The van der Waals surface area contributed by atoms with Crippen LogP contribution in [0.25, 0.3) is 0 Å². The molecular weight excluding hydrogens is 218 g/mol. The highest BCUT2D eigenvalue weighted by Crippen LogP contribution is 2.38. The fourth-order valence-corrected chi connectivity index (χ4v) is 2.95. The first-order valence-corrected chi connectivity index (χ1v) is 6.51. The van der Waals surface area contributed by atoms with Crippen LogP contribution in [-0.4, -0.2) is 40.9 Å². The van der Waals surface area contributed by atoms with Gasteiger partial charge in [0.1, 0.15) is 5.60 Å². The fourth-order valence-electron chi connectivity index (χ4n) is 2.95. The third kappa shape index (κ3) is 3.12. The van der Waals surface area contributed by atoms with E-state index in [-0.39, 0.29) is 12.2 Å². The molecule has 0 bridgehead atoms. The summed E-state index contributed by atoms with van der Waals surface area (Å²) in [5.41, 5.74) is -0.427. The number of carbonyl (C=O) groups is 1. The number of likely N-dealkylation sites (tertiary alicyclic amines) is 1. The normalized spacial score (nSPS) is 33.4. The Morgan fingerprint density at radius 3 is 2.59 bits per heavy atom. The molecule has 0 aromatic carbocycles. The van der Waals surface area contributed by atoms with Crippen molar-refractivity contribution in [3.63, 3.8) is 0 Å². The Kier molecular flexibility index (Phi) is 3.34. The van der Waals surface area contributed by atoms with Gasteiger partial charge in [0, 0.05) is 13.1 Å². The van der Waals surface area contributed by atoms with E-state index < -0.39 is 5.60 Å². The van der Waals surface area contributed by atoms with Gasteiger partial charge < -0.3 is 14.7 Å². The van der Waals surface area contributed by atoms with E-state index in [1.165, 1.54) is 0 Å². The second-order valence-electron chi connectivity index (χ2n) is 6.36. The number of aliphatic hydroxyl groups is 1. The number of aliphatic hydroxyl groups excluding tert-OH is 1. The highest BCUT2D eigenvalue weighted by molar-refractivity contribution is 5.68. The van der Waals surface area contributed by atoms with Gasteiger partial charge in [0.15, 0.2) is 0 Å². The Balaban J connectivity index is 1.90. The van der Waals surface area contributed by atoms with Crippen LogP contribution >= 0.6 is 0 Å². The Hall–Kier alpha value is -0.770. The van der Waals surface area contributed by atoms with Gasteiger partial charge in [0.2, 0.25) is 0 Å². The summed E-state index contributed by atoms with van der Waals surface area (Å²) in [6.45, 7) is 7.17. The maximum Gasteiger partial charge on any atom is 0.410 e. The molecule has 0 unspecified atom stereocenters. The SMILES string of the molecule is CC(C)(C)OC(=O)N1CC[C@@H]2C[C@H](O)C[C@@H]2C1. The molecule has 98 valence electrons. The van der Waals surface area contributed by atoms with Gasteiger partial charge in [-0.25, -0.2) is 4.79 Å². The molecule has 0 aromatic heterocycles. The molecule has 1 aliphatic carbocycles. The van der Waals surface area contributed by atoms with Crippen LogP contribution in [0.1, 0.15) is 40.0 Å². The minimum absolute atomic E-state index is 0.163. The number of rotatable bonds is 0. The van der Waals surface area contributed by atoms with Crippen molar-refractivity contribution in [3.8, 4) is 0 Å². The molecule has 1 N–H and O–H groups in total. The first-order valence-electron chi connectivity index (χ1n) is 6.51. The molecule has 2 fully saturated rings. The van der Waals surface area contributed by atoms with Gasteiger partial charge in [-0.15, -0.1) is 0 Å². The Morgan fingerprint density at radius 1 is 1.29 bits per heavy atom. The molecular formula is C13H23NO3. The molecule has 1 amide bonds. The quantitative estimate of drug-likeness (QED) is 0.706. The Bertz CT molecular complexity index is 298. The minimum atomic E-state index is -0.427. The number of piperidine rings is 1. The molecule has 2 aliphatic rings. The summed E-state index contributed by atoms with van der Waals surface area (Å²) in [7, 11) is 0. The van der Waals surface area contributed by atoms with Crippen LogP contribution in [-0.2, 0) is 4.74 Å². The molecule has 0 aromatic rings. The smallest absolute Gasteiger partial charge is 0.410 e. The first-order chi connectivity index (χ1) is 7.85. The molecule has 1 saturated carbocycles. The first kappa shape index (κ1) is 12.7. The van der Waals surface area contributed by atoms with E-state index in [9.17, 15) is 9.90 Å².